The van der Waals surface area contributed by atoms with E-state index in [9.17, 15) is 14.7 Å². The molecule has 3 fully saturated rings. The Balaban J connectivity index is 1.77. The largest absolute Gasteiger partial charge is 0.492 e. The minimum Gasteiger partial charge on any atom is -0.492 e. The molecular formula is C22H27FN4O4. The normalized spacial score (nSPS) is 23.9. The van der Waals surface area contributed by atoms with Gasteiger partial charge in [0.25, 0.3) is 0 Å². The van der Waals surface area contributed by atoms with Crippen LogP contribution in [0.1, 0.15) is 42.1 Å². The molecule has 1 aliphatic carbocycles. The van der Waals surface area contributed by atoms with Crippen LogP contribution in [-0.4, -0.2) is 60.4 Å². The van der Waals surface area contributed by atoms with Gasteiger partial charge in [-0.2, -0.15) is 0 Å². The lowest BCUT2D eigenvalue weighted by molar-refractivity contribution is 0.0695. The zero-order valence-electron chi connectivity index (χ0n) is 17.7. The Morgan fingerprint density at radius 1 is 1.29 bits per heavy atom. The molecule has 0 bridgehead atoms. The summed E-state index contributed by atoms with van der Waals surface area (Å²) in [6.07, 6.45) is 5.26. The highest BCUT2D eigenvalue weighted by molar-refractivity contribution is 6.03. The van der Waals surface area contributed by atoms with Gasteiger partial charge in [-0.1, -0.05) is 0 Å². The maximum Gasteiger partial charge on any atom is 0.341 e. The number of nitrogens with two attached hydrogens (primary N) is 1. The molecule has 9 heteroatoms. The number of carbonyl (C=O) groups is 1. The number of aromatic nitrogens is 1. The molecule has 1 saturated carbocycles. The number of methoxy groups -OCH3 is 1. The van der Waals surface area contributed by atoms with Crippen LogP contribution in [0.5, 0.6) is 5.75 Å². The summed E-state index contributed by atoms with van der Waals surface area (Å²) in [5.74, 6) is -1.38. The number of rotatable bonds is 4. The molecule has 8 nitrogen and oxygen atoms in total. The van der Waals surface area contributed by atoms with Crippen molar-refractivity contribution < 1.29 is 19.0 Å². The number of likely N-dealkylation sites (N-methyl/N-ethyl adjacent to an activating group) is 1. The highest BCUT2D eigenvalue weighted by Gasteiger charge is 2.41. The Bertz CT molecular complexity index is 1140. The molecule has 2 atom stereocenters. The maximum absolute atomic E-state index is 15.7. The maximum atomic E-state index is 15.7. The number of nitrogen functional groups attached to an aromatic ring is 1. The lowest BCUT2D eigenvalue weighted by Crippen LogP contribution is -2.42. The number of ether oxygens (including phenoxy) is 1. The molecule has 2 unspecified atom stereocenters. The van der Waals surface area contributed by atoms with Gasteiger partial charge in [0.1, 0.15) is 11.3 Å². The van der Waals surface area contributed by atoms with Crippen LogP contribution in [0.3, 0.4) is 0 Å². The van der Waals surface area contributed by atoms with Gasteiger partial charge in [0.2, 0.25) is 5.43 Å². The van der Waals surface area contributed by atoms with Crippen LogP contribution >= 0.6 is 0 Å². The molecule has 3 heterocycles. The van der Waals surface area contributed by atoms with Crippen LogP contribution in [0.2, 0.25) is 0 Å². The second kappa shape index (κ2) is 7.12. The number of piperidine rings is 1. The molecule has 0 amide bonds. The Morgan fingerprint density at radius 2 is 2.03 bits per heavy atom. The van der Waals surface area contributed by atoms with Gasteiger partial charge in [-0.25, -0.2) is 9.18 Å². The number of fused-ring (bicyclic) bond motifs is 2. The van der Waals surface area contributed by atoms with E-state index < -0.39 is 22.8 Å². The molecule has 3 aliphatic rings. The minimum absolute atomic E-state index is 0.0418. The average molecular weight is 430 g/mol. The standard InChI is InChI=1S/C22H27FN4O4/c1-25-7-3-4-11-8-26(10-14(11)25)19-16(23)17(24)15-18(21(19)31-2)27(12-5-6-12)9-13(20(15)28)22(29)30/h9,11-12,14H,3-8,10,24H2,1-2H3,(H,29,30). The summed E-state index contributed by atoms with van der Waals surface area (Å²) >= 11 is 0. The molecule has 3 N–H and O–H groups in total. The predicted octanol–water partition coefficient (Wildman–Crippen LogP) is 2.29. The van der Waals surface area contributed by atoms with Crippen molar-refractivity contribution in [1.29, 1.82) is 0 Å². The SMILES string of the molecule is COc1c(N2CC3CCCN(C)C3C2)c(F)c(N)c2c(=O)c(C(=O)O)cn(C3CC3)c12. The molecule has 2 saturated heterocycles. The van der Waals surface area contributed by atoms with Gasteiger partial charge in [-0.3, -0.25) is 4.79 Å². The number of anilines is 2. The Hall–Kier alpha value is -2.81. The van der Waals surface area contributed by atoms with Crippen LogP contribution in [0, 0.1) is 11.7 Å². The number of carboxylic acid groups (broad SMARTS) is 1. The third-order valence-electron chi connectivity index (χ3n) is 7.13. The molecule has 1 aromatic heterocycles. The molecule has 0 spiro atoms. The van der Waals surface area contributed by atoms with Crippen molar-refractivity contribution in [2.45, 2.75) is 37.8 Å². The number of pyridine rings is 1. The summed E-state index contributed by atoms with van der Waals surface area (Å²) in [4.78, 5) is 28.9. The minimum atomic E-state index is -1.35. The Labute approximate surface area is 179 Å². The zero-order chi connectivity index (χ0) is 22.0. The fraction of sp³-hybridized carbons (Fsp3) is 0.545. The summed E-state index contributed by atoms with van der Waals surface area (Å²) < 4.78 is 23.2. The lowest BCUT2D eigenvalue weighted by atomic mass is 9.93. The zero-order valence-corrected chi connectivity index (χ0v) is 17.7. The summed E-state index contributed by atoms with van der Waals surface area (Å²) in [6, 6.07) is 0.370. The van der Waals surface area contributed by atoms with Crippen LogP contribution in [0.4, 0.5) is 15.8 Å². The van der Waals surface area contributed by atoms with Gasteiger partial charge in [0.15, 0.2) is 11.6 Å². The first kappa shape index (κ1) is 20.1. The van der Waals surface area contributed by atoms with Gasteiger partial charge in [0, 0.05) is 31.4 Å². The summed E-state index contributed by atoms with van der Waals surface area (Å²) in [7, 11) is 3.55. The number of benzene rings is 1. The molecule has 31 heavy (non-hydrogen) atoms. The summed E-state index contributed by atoms with van der Waals surface area (Å²) in [6.45, 7) is 2.36. The van der Waals surface area contributed by atoms with E-state index in [1.54, 1.807) is 4.57 Å². The molecule has 1 aromatic carbocycles. The third kappa shape index (κ3) is 2.97. The fourth-order valence-electron chi connectivity index (χ4n) is 5.42. The quantitative estimate of drug-likeness (QED) is 0.718. The number of hydrogen-bond donors (Lipinski definition) is 2. The van der Waals surface area contributed by atoms with Gasteiger partial charge < -0.3 is 29.9 Å². The van der Waals surface area contributed by atoms with Crippen LogP contribution in [0.25, 0.3) is 10.9 Å². The Kier molecular flexibility index (Phi) is 4.62. The highest BCUT2D eigenvalue weighted by atomic mass is 19.1. The molecule has 2 aliphatic heterocycles. The van der Waals surface area contributed by atoms with Gasteiger partial charge in [-0.05, 0) is 45.2 Å². The second-order valence-electron chi connectivity index (χ2n) is 9.00. The molecule has 166 valence electrons. The van der Waals surface area contributed by atoms with E-state index in [2.05, 4.69) is 11.9 Å². The van der Waals surface area contributed by atoms with Crippen molar-refractivity contribution >= 4 is 28.2 Å². The first-order valence-electron chi connectivity index (χ1n) is 10.8. The van der Waals surface area contributed by atoms with Crippen molar-refractivity contribution in [2.24, 2.45) is 5.92 Å². The Morgan fingerprint density at radius 3 is 2.65 bits per heavy atom. The van der Waals surface area contributed by atoms with Gasteiger partial charge in [0.05, 0.1) is 23.7 Å². The van der Waals surface area contributed by atoms with E-state index in [0.717, 1.165) is 32.2 Å². The topological polar surface area (TPSA) is 101 Å². The van der Waals surface area contributed by atoms with E-state index in [-0.39, 0.29) is 28.6 Å². The van der Waals surface area contributed by atoms with Crippen molar-refractivity contribution in [3.8, 4) is 5.75 Å². The number of aromatic carboxylic acids is 1. The van der Waals surface area contributed by atoms with Gasteiger partial charge in [-0.15, -0.1) is 0 Å². The predicted molar refractivity (Wildman–Crippen MR) is 116 cm³/mol. The molecule has 5 rings (SSSR count). The van der Waals surface area contributed by atoms with E-state index in [1.807, 2.05) is 4.90 Å². The monoisotopic (exact) mass is 430 g/mol. The van der Waals surface area contributed by atoms with Crippen molar-refractivity contribution in [1.82, 2.24) is 9.47 Å². The second-order valence-corrected chi connectivity index (χ2v) is 9.00. The summed E-state index contributed by atoms with van der Waals surface area (Å²) in [5, 5.41) is 9.40. The lowest BCUT2D eigenvalue weighted by Gasteiger charge is -2.33. The third-order valence-corrected chi connectivity index (χ3v) is 7.13. The van der Waals surface area contributed by atoms with Crippen LogP contribution in [0.15, 0.2) is 11.0 Å². The first-order valence-corrected chi connectivity index (χ1v) is 10.8. The number of hydrogen-bond acceptors (Lipinski definition) is 6. The number of carboxylic acids is 1. The van der Waals surface area contributed by atoms with E-state index >= 15 is 4.39 Å². The molecular weight excluding hydrogens is 403 g/mol. The van der Waals surface area contributed by atoms with E-state index in [1.165, 1.54) is 13.3 Å². The van der Waals surface area contributed by atoms with Crippen LogP contribution in [-0.2, 0) is 0 Å². The first-order chi connectivity index (χ1) is 14.8. The van der Waals surface area contributed by atoms with E-state index in [4.69, 9.17) is 10.5 Å². The van der Waals surface area contributed by atoms with Crippen molar-refractivity contribution in [3.63, 3.8) is 0 Å². The fourth-order valence-corrected chi connectivity index (χ4v) is 5.42. The molecule has 0 radical (unpaired) electrons. The smallest absolute Gasteiger partial charge is 0.341 e. The highest BCUT2D eigenvalue weighted by Crippen LogP contribution is 2.47. The van der Waals surface area contributed by atoms with Crippen molar-refractivity contribution in [2.75, 3.05) is 44.4 Å². The molecule has 2 aromatic rings. The number of halogens is 1. The number of likely N-dealkylation sites (tertiary alicyclic amines) is 1. The number of nitrogens with zero attached hydrogens (tertiary/aromatic N) is 3. The van der Waals surface area contributed by atoms with Crippen LogP contribution < -0.4 is 20.8 Å². The average Bonchev–Trinajstić information content (AvgIpc) is 3.48. The summed E-state index contributed by atoms with van der Waals surface area (Å²) in [5.41, 5.74) is 5.33. The van der Waals surface area contributed by atoms with Crippen molar-refractivity contribution in [3.05, 3.63) is 27.8 Å². The van der Waals surface area contributed by atoms with E-state index in [0.29, 0.717) is 30.6 Å². The van der Waals surface area contributed by atoms with Gasteiger partial charge >= 0.3 is 5.97 Å².